The first-order valence-electron chi connectivity index (χ1n) is 6.60. The van der Waals surface area contributed by atoms with Gasteiger partial charge >= 0.3 is 0 Å². The maximum Gasteiger partial charge on any atom is 0.227 e. The monoisotopic (exact) mass is 240 g/mol. The fourth-order valence-corrected chi connectivity index (χ4v) is 2.97. The summed E-state index contributed by atoms with van der Waals surface area (Å²) in [7, 11) is 1.89. The summed E-state index contributed by atoms with van der Waals surface area (Å²) < 4.78 is 5.37. The van der Waals surface area contributed by atoms with E-state index in [0.717, 1.165) is 6.42 Å². The molecule has 1 amide bonds. The van der Waals surface area contributed by atoms with Gasteiger partial charge in [-0.25, -0.2) is 0 Å². The van der Waals surface area contributed by atoms with Gasteiger partial charge in [-0.1, -0.05) is 20.3 Å². The molecule has 1 aliphatic heterocycles. The largest absolute Gasteiger partial charge is 0.379 e. The van der Waals surface area contributed by atoms with E-state index in [1.165, 1.54) is 12.8 Å². The van der Waals surface area contributed by atoms with Crippen molar-refractivity contribution in [2.75, 3.05) is 20.3 Å². The third kappa shape index (κ3) is 2.63. The minimum atomic E-state index is -0.0311. The number of rotatable bonds is 3. The van der Waals surface area contributed by atoms with E-state index in [1.807, 2.05) is 7.05 Å². The molecule has 0 aromatic heterocycles. The lowest BCUT2D eigenvalue weighted by atomic mass is 9.87. The van der Waals surface area contributed by atoms with Crippen molar-refractivity contribution in [3.8, 4) is 0 Å². The molecule has 17 heavy (non-hydrogen) atoms. The fraction of sp³-hybridized carbons (Fsp3) is 0.923. The SMILES string of the molecule is CNC1COCC1C(=O)NC1CCCC1(C)C. The van der Waals surface area contributed by atoms with E-state index < -0.39 is 0 Å². The van der Waals surface area contributed by atoms with Crippen molar-refractivity contribution in [3.05, 3.63) is 0 Å². The minimum absolute atomic E-state index is 0.0311. The maximum absolute atomic E-state index is 12.2. The molecule has 4 heteroatoms. The highest BCUT2D eigenvalue weighted by Gasteiger charge is 2.39. The van der Waals surface area contributed by atoms with E-state index in [9.17, 15) is 4.79 Å². The van der Waals surface area contributed by atoms with E-state index in [0.29, 0.717) is 19.3 Å². The second-order valence-corrected chi connectivity index (χ2v) is 5.98. The number of nitrogens with one attached hydrogen (secondary N) is 2. The van der Waals surface area contributed by atoms with E-state index >= 15 is 0 Å². The Morgan fingerprint density at radius 1 is 1.35 bits per heavy atom. The fourth-order valence-electron chi connectivity index (χ4n) is 2.97. The number of likely N-dealkylation sites (N-methyl/N-ethyl adjacent to an activating group) is 1. The van der Waals surface area contributed by atoms with Crippen molar-refractivity contribution in [2.45, 2.75) is 45.2 Å². The first kappa shape index (κ1) is 12.8. The van der Waals surface area contributed by atoms with Crippen molar-refractivity contribution < 1.29 is 9.53 Å². The van der Waals surface area contributed by atoms with Gasteiger partial charge in [0.05, 0.1) is 19.1 Å². The molecule has 98 valence electrons. The van der Waals surface area contributed by atoms with Gasteiger partial charge in [0.15, 0.2) is 0 Å². The van der Waals surface area contributed by atoms with E-state index in [-0.39, 0.29) is 23.3 Å². The van der Waals surface area contributed by atoms with Crippen LogP contribution >= 0.6 is 0 Å². The zero-order valence-electron chi connectivity index (χ0n) is 11.1. The summed E-state index contributed by atoms with van der Waals surface area (Å²) in [5.74, 6) is 0.123. The summed E-state index contributed by atoms with van der Waals surface area (Å²) in [6.07, 6.45) is 3.53. The van der Waals surface area contributed by atoms with Gasteiger partial charge in [0.2, 0.25) is 5.91 Å². The molecule has 3 unspecified atom stereocenters. The molecule has 4 nitrogen and oxygen atoms in total. The number of amides is 1. The highest BCUT2D eigenvalue weighted by Crippen LogP contribution is 2.37. The van der Waals surface area contributed by atoms with Gasteiger partial charge in [0.25, 0.3) is 0 Å². The van der Waals surface area contributed by atoms with Crippen LogP contribution in [-0.2, 0) is 9.53 Å². The lowest BCUT2D eigenvalue weighted by Crippen LogP contribution is -2.48. The Bertz CT molecular complexity index is 291. The maximum atomic E-state index is 12.2. The minimum Gasteiger partial charge on any atom is -0.379 e. The molecule has 2 rings (SSSR count). The smallest absolute Gasteiger partial charge is 0.227 e. The summed E-state index contributed by atoms with van der Waals surface area (Å²) in [6.45, 7) is 5.67. The molecule has 1 aliphatic carbocycles. The number of carbonyl (C=O) groups is 1. The third-order valence-corrected chi connectivity index (χ3v) is 4.36. The van der Waals surface area contributed by atoms with E-state index in [4.69, 9.17) is 4.74 Å². The van der Waals surface area contributed by atoms with Crippen LogP contribution in [0.4, 0.5) is 0 Å². The highest BCUT2D eigenvalue weighted by molar-refractivity contribution is 5.80. The van der Waals surface area contributed by atoms with Gasteiger partial charge in [0, 0.05) is 12.1 Å². The molecule has 0 radical (unpaired) electrons. The van der Waals surface area contributed by atoms with Crippen molar-refractivity contribution in [3.63, 3.8) is 0 Å². The third-order valence-electron chi connectivity index (χ3n) is 4.36. The normalized spacial score (nSPS) is 36.1. The lowest BCUT2D eigenvalue weighted by Gasteiger charge is -2.29. The Morgan fingerprint density at radius 3 is 2.71 bits per heavy atom. The predicted octanol–water partition coefficient (Wildman–Crippen LogP) is 0.916. The van der Waals surface area contributed by atoms with Crippen molar-refractivity contribution in [1.29, 1.82) is 0 Å². The molecule has 0 spiro atoms. The molecule has 2 fully saturated rings. The van der Waals surface area contributed by atoms with Gasteiger partial charge in [-0.15, -0.1) is 0 Å². The Hall–Kier alpha value is -0.610. The molecule has 0 bridgehead atoms. The average molecular weight is 240 g/mol. The number of hydrogen-bond acceptors (Lipinski definition) is 3. The Morgan fingerprint density at radius 2 is 2.12 bits per heavy atom. The molecular formula is C13H24N2O2. The van der Waals surface area contributed by atoms with Crippen LogP contribution in [0.1, 0.15) is 33.1 Å². The summed E-state index contributed by atoms with van der Waals surface area (Å²) in [5, 5.41) is 6.37. The van der Waals surface area contributed by atoms with E-state index in [2.05, 4.69) is 24.5 Å². The molecule has 0 aromatic rings. The predicted molar refractivity (Wildman–Crippen MR) is 66.7 cm³/mol. The molecule has 2 N–H and O–H groups in total. The summed E-state index contributed by atoms with van der Waals surface area (Å²) in [4.78, 5) is 12.2. The topological polar surface area (TPSA) is 50.4 Å². The average Bonchev–Trinajstić information content (AvgIpc) is 2.85. The van der Waals surface area contributed by atoms with Crippen molar-refractivity contribution in [2.24, 2.45) is 11.3 Å². The Balaban J connectivity index is 1.93. The van der Waals surface area contributed by atoms with Crippen LogP contribution in [0.15, 0.2) is 0 Å². The number of ether oxygens (including phenoxy) is 1. The van der Waals surface area contributed by atoms with Crippen LogP contribution in [0.5, 0.6) is 0 Å². The van der Waals surface area contributed by atoms with E-state index in [1.54, 1.807) is 0 Å². The Kier molecular flexibility index (Phi) is 3.73. The first-order valence-corrected chi connectivity index (χ1v) is 6.60. The Labute approximate surface area is 103 Å². The van der Waals surface area contributed by atoms with Crippen LogP contribution < -0.4 is 10.6 Å². The van der Waals surface area contributed by atoms with Gasteiger partial charge in [-0.3, -0.25) is 4.79 Å². The van der Waals surface area contributed by atoms with Crippen LogP contribution in [-0.4, -0.2) is 38.3 Å². The quantitative estimate of drug-likeness (QED) is 0.771. The van der Waals surface area contributed by atoms with Gasteiger partial charge < -0.3 is 15.4 Å². The van der Waals surface area contributed by atoms with Gasteiger partial charge in [-0.2, -0.15) is 0 Å². The van der Waals surface area contributed by atoms with Crippen LogP contribution in [0.25, 0.3) is 0 Å². The molecule has 1 saturated heterocycles. The van der Waals surface area contributed by atoms with Gasteiger partial charge in [-0.05, 0) is 25.3 Å². The first-order chi connectivity index (χ1) is 8.04. The molecular weight excluding hydrogens is 216 g/mol. The van der Waals surface area contributed by atoms with Crippen LogP contribution in [0.2, 0.25) is 0 Å². The number of hydrogen-bond donors (Lipinski definition) is 2. The summed E-state index contributed by atoms with van der Waals surface area (Å²) >= 11 is 0. The zero-order valence-corrected chi connectivity index (χ0v) is 11.1. The van der Waals surface area contributed by atoms with Crippen LogP contribution in [0, 0.1) is 11.3 Å². The number of carbonyl (C=O) groups excluding carboxylic acids is 1. The second-order valence-electron chi connectivity index (χ2n) is 5.98. The molecule has 1 heterocycles. The molecule has 2 aliphatic rings. The second kappa shape index (κ2) is 4.94. The molecule has 3 atom stereocenters. The van der Waals surface area contributed by atoms with Crippen molar-refractivity contribution in [1.82, 2.24) is 10.6 Å². The summed E-state index contributed by atoms with van der Waals surface area (Å²) in [5.41, 5.74) is 0.240. The molecule has 1 saturated carbocycles. The van der Waals surface area contributed by atoms with Gasteiger partial charge in [0.1, 0.15) is 0 Å². The van der Waals surface area contributed by atoms with Crippen molar-refractivity contribution >= 4 is 5.91 Å². The highest BCUT2D eigenvalue weighted by atomic mass is 16.5. The summed E-state index contributed by atoms with van der Waals surface area (Å²) in [6, 6.07) is 0.493. The molecule has 0 aromatic carbocycles. The van der Waals surface area contributed by atoms with Crippen LogP contribution in [0.3, 0.4) is 0 Å². The zero-order chi connectivity index (χ0) is 12.5. The lowest BCUT2D eigenvalue weighted by molar-refractivity contribution is -0.126. The standard InChI is InChI=1S/C13H24N2O2/c1-13(2)6-4-5-11(13)15-12(16)9-7-17-8-10(9)14-3/h9-11,14H,4-8H2,1-3H3,(H,15,16).